The van der Waals surface area contributed by atoms with Crippen molar-refractivity contribution in [3.8, 4) is 17.2 Å². The molecule has 1 aromatic heterocycles. The monoisotopic (exact) mass is 451 g/mol. The van der Waals surface area contributed by atoms with Crippen molar-refractivity contribution < 1.29 is 19.3 Å². The highest BCUT2D eigenvalue weighted by Gasteiger charge is 2.34. The largest absolute Gasteiger partial charge is 0.493 e. The summed E-state index contributed by atoms with van der Waals surface area (Å²) in [5.41, 5.74) is 0.276. The van der Waals surface area contributed by atoms with E-state index in [9.17, 15) is 5.11 Å². The molecule has 0 amide bonds. The number of β-amino-alcohol motifs (C(OH)–C–C–N with tert-alkyl or cyclic N) is 1. The van der Waals surface area contributed by atoms with Crippen LogP contribution in [-0.2, 0) is 13.1 Å². The summed E-state index contributed by atoms with van der Waals surface area (Å²) in [6, 6.07) is 17.6. The zero-order chi connectivity index (χ0) is 22.9. The van der Waals surface area contributed by atoms with Gasteiger partial charge in [-0.05, 0) is 55.3 Å². The number of hydrogen-bond acceptors (Lipinski definition) is 6. The number of nitrogens with zero attached hydrogens (tertiary/aromatic N) is 3. The molecule has 2 heterocycles. The summed E-state index contributed by atoms with van der Waals surface area (Å²) in [5, 5.41) is 15.3. The van der Waals surface area contributed by atoms with Gasteiger partial charge in [0.15, 0.2) is 11.5 Å². The predicted molar refractivity (Wildman–Crippen MR) is 127 cm³/mol. The molecule has 176 valence electrons. The fourth-order valence-corrected chi connectivity index (χ4v) is 4.23. The first-order chi connectivity index (χ1) is 16.1. The predicted octanol–water partition coefficient (Wildman–Crippen LogP) is 3.77. The molecule has 4 rings (SSSR count). The van der Waals surface area contributed by atoms with Crippen molar-refractivity contribution in [3.63, 3.8) is 0 Å². The molecule has 3 aromatic rings. The SMILES string of the molecule is COc1ccc(CN2CCCC(O)(COc3ccccc3)C2)cc1OCCCn1cccn1. The molecule has 2 aromatic carbocycles. The van der Waals surface area contributed by atoms with Gasteiger partial charge in [-0.15, -0.1) is 0 Å². The summed E-state index contributed by atoms with van der Waals surface area (Å²) in [5.74, 6) is 2.26. The van der Waals surface area contributed by atoms with E-state index in [4.69, 9.17) is 14.2 Å². The van der Waals surface area contributed by atoms with Crippen LogP contribution < -0.4 is 14.2 Å². The first-order valence-corrected chi connectivity index (χ1v) is 11.5. The van der Waals surface area contributed by atoms with Crippen molar-refractivity contribution >= 4 is 0 Å². The van der Waals surface area contributed by atoms with Gasteiger partial charge >= 0.3 is 0 Å². The van der Waals surface area contributed by atoms with E-state index < -0.39 is 5.60 Å². The van der Waals surface area contributed by atoms with Gasteiger partial charge in [-0.3, -0.25) is 9.58 Å². The number of piperidine rings is 1. The molecule has 0 radical (unpaired) electrons. The summed E-state index contributed by atoms with van der Waals surface area (Å²) in [7, 11) is 1.66. The lowest BCUT2D eigenvalue weighted by molar-refractivity contribution is -0.0621. The number of benzene rings is 2. The summed E-state index contributed by atoms with van der Waals surface area (Å²) in [6.45, 7) is 3.94. The third-order valence-electron chi connectivity index (χ3n) is 5.87. The number of methoxy groups -OCH3 is 1. The molecular formula is C26H33N3O4. The first-order valence-electron chi connectivity index (χ1n) is 11.5. The van der Waals surface area contributed by atoms with Gasteiger partial charge < -0.3 is 19.3 Å². The highest BCUT2D eigenvalue weighted by atomic mass is 16.5. The van der Waals surface area contributed by atoms with Crippen LogP contribution in [0, 0.1) is 0 Å². The molecule has 1 saturated heterocycles. The minimum atomic E-state index is -0.855. The first kappa shape index (κ1) is 23.1. The molecule has 0 bridgehead atoms. The van der Waals surface area contributed by atoms with Crippen molar-refractivity contribution in [3.05, 3.63) is 72.6 Å². The average Bonchev–Trinajstić information content (AvgIpc) is 3.35. The van der Waals surface area contributed by atoms with E-state index in [-0.39, 0.29) is 0 Å². The minimum absolute atomic E-state index is 0.292. The lowest BCUT2D eigenvalue weighted by Crippen LogP contribution is -2.51. The molecule has 1 fully saturated rings. The Morgan fingerprint density at radius 2 is 1.94 bits per heavy atom. The van der Waals surface area contributed by atoms with E-state index in [1.807, 2.05) is 59.4 Å². The van der Waals surface area contributed by atoms with Gasteiger partial charge in [0.25, 0.3) is 0 Å². The lowest BCUT2D eigenvalue weighted by Gasteiger charge is -2.39. The zero-order valence-electron chi connectivity index (χ0n) is 19.2. The number of aliphatic hydroxyl groups is 1. The Bertz CT molecular complexity index is 980. The van der Waals surface area contributed by atoms with Gasteiger partial charge in [0.2, 0.25) is 0 Å². The van der Waals surface area contributed by atoms with Gasteiger partial charge in [-0.2, -0.15) is 5.10 Å². The minimum Gasteiger partial charge on any atom is -0.493 e. The number of likely N-dealkylation sites (tertiary alicyclic amines) is 1. The zero-order valence-corrected chi connectivity index (χ0v) is 19.2. The Morgan fingerprint density at radius 1 is 1.06 bits per heavy atom. The quantitative estimate of drug-likeness (QED) is 0.448. The molecule has 0 spiro atoms. The summed E-state index contributed by atoms with van der Waals surface area (Å²) < 4.78 is 19.3. The van der Waals surface area contributed by atoms with Crippen LogP contribution in [0.25, 0.3) is 0 Å². The molecule has 0 saturated carbocycles. The van der Waals surface area contributed by atoms with E-state index in [0.29, 0.717) is 19.8 Å². The number of hydrogen-bond donors (Lipinski definition) is 1. The fraction of sp³-hybridized carbons (Fsp3) is 0.423. The van der Waals surface area contributed by atoms with Crippen molar-refractivity contribution in [2.45, 2.75) is 38.0 Å². The standard InChI is InChI=1S/C26H33N3O4/c1-31-24-11-10-22(18-25(24)32-17-7-16-29-15-6-13-27-29)19-28-14-5-12-26(30,20-28)21-33-23-8-3-2-4-9-23/h2-4,6,8-11,13,15,18,30H,5,7,12,14,16-17,19-21H2,1H3. The Morgan fingerprint density at radius 3 is 2.73 bits per heavy atom. The summed E-state index contributed by atoms with van der Waals surface area (Å²) in [6.07, 6.45) is 6.26. The molecule has 7 heteroatoms. The van der Waals surface area contributed by atoms with Gasteiger partial charge in [0.05, 0.1) is 13.7 Å². The van der Waals surface area contributed by atoms with Crippen LogP contribution in [0.1, 0.15) is 24.8 Å². The summed E-state index contributed by atoms with van der Waals surface area (Å²) in [4.78, 5) is 2.28. The van der Waals surface area contributed by atoms with Crippen LogP contribution >= 0.6 is 0 Å². The second-order valence-electron chi connectivity index (χ2n) is 8.60. The normalized spacial score (nSPS) is 18.7. The van der Waals surface area contributed by atoms with Crippen LogP contribution in [0.5, 0.6) is 17.2 Å². The number of aryl methyl sites for hydroxylation is 1. The number of para-hydroxylation sites is 1. The van der Waals surface area contributed by atoms with Crippen LogP contribution in [0.3, 0.4) is 0 Å². The molecule has 7 nitrogen and oxygen atoms in total. The van der Waals surface area contributed by atoms with Gasteiger partial charge in [0.1, 0.15) is 18.0 Å². The molecule has 1 N–H and O–H groups in total. The van der Waals surface area contributed by atoms with Crippen molar-refractivity contribution in [1.29, 1.82) is 0 Å². The molecule has 1 atom stereocenters. The lowest BCUT2D eigenvalue weighted by atomic mass is 9.93. The van der Waals surface area contributed by atoms with Crippen LogP contribution in [0.15, 0.2) is 67.0 Å². The van der Waals surface area contributed by atoms with Crippen LogP contribution in [0.2, 0.25) is 0 Å². The Kier molecular flexibility index (Phi) is 7.86. The Hall–Kier alpha value is -3.03. The van der Waals surface area contributed by atoms with E-state index in [2.05, 4.69) is 16.1 Å². The Labute approximate surface area is 195 Å². The third kappa shape index (κ3) is 6.73. The molecule has 33 heavy (non-hydrogen) atoms. The maximum Gasteiger partial charge on any atom is 0.161 e. The van der Waals surface area contributed by atoms with Crippen molar-refractivity contribution in [2.75, 3.05) is 33.4 Å². The third-order valence-corrected chi connectivity index (χ3v) is 5.87. The smallest absolute Gasteiger partial charge is 0.161 e. The van der Waals surface area contributed by atoms with E-state index >= 15 is 0 Å². The number of ether oxygens (including phenoxy) is 3. The van der Waals surface area contributed by atoms with Crippen LogP contribution in [0.4, 0.5) is 0 Å². The maximum atomic E-state index is 11.1. The van der Waals surface area contributed by atoms with Crippen molar-refractivity contribution in [1.82, 2.24) is 14.7 Å². The van der Waals surface area contributed by atoms with Gasteiger partial charge in [0, 0.05) is 38.4 Å². The van der Waals surface area contributed by atoms with Crippen molar-refractivity contribution in [2.24, 2.45) is 0 Å². The molecule has 1 aliphatic heterocycles. The van der Waals surface area contributed by atoms with Gasteiger partial charge in [-0.25, -0.2) is 0 Å². The average molecular weight is 452 g/mol. The molecular weight excluding hydrogens is 418 g/mol. The van der Waals surface area contributed by atoms with E-state index in [1.54, 1.807) is 13.3 Å². The van der Waals surface area contributed by atoms with Crippen LogP contribution in [-0.4, -0.2) is 58.8 Å². The summed E-state index contributed by atoms with van der Waals surface area (Å²) >= 11 is 0. The number of rotatable bonds is 11. The highest BCUT2D eigenvalue weighted by Crippen LogP contribution is 2.30. The topological polar surface area (TPSA) is 69.0 Å². The molecule has 1 unspecified atom stereocenters. The second-order valence-corrected chi connectivity index (χ2v) is 8.60. The molecule has 1 aliphatic rings. The van der Waals surface area contributed by atoms with E-state index in [0.717, 1.165) is 61.7 Å². The molecule has 0 aliphatic carbocycles. The van der Waals surface area contributed by atoms with E-state index in [1.165, 1.54) is 0 Å². The van der Waals surface area contributed by atoms with Gasteiger partial charge in [-0.1, -0.05) is 24.3 Å². The maximum absolute atomic E-state index is 11.1. The highest BCUT2D eigenvalue weighted by molar-refractivity contribution is 5.43. The number of aromatic nitrogens is 2. The fourth-order valence-electron chi connectivity index (χ4n) is 4.23. The Balaban J connectivity index is 1.31. The second kappa shape index (κ2) is 11.2.